The highest BCUT2D eigenvalue weighted by atomic mass is 15.1. The van der Waals surface area contributed by atoms with Gasteiger partial charge in [-0.25, -0.2) is 0 Å². The van der Waals surface area contributed by atoms with E-state index < -0.39 is 0 Å². The van der Waals surface area contributed by atoms with E-state index in [1.807, 2.05) is 0 Å². The molecule has 4 heteroatoms. The van der Waals surface area contributed by atoms with Gasteiger partial charge in [0.15, 0.2) is 0 Å². The van der Waals surface area contributed by atoms with Crippen molar-refractivity contribution >= 4 is 83.7 Å². The summed E-state index contributed by atoms with van der Waals surface area (Å²) >= 11 is 0. The average molecular weight is 743 g/mol. The third-order valence-corrected chi connectivity index (χ3v) is 12.1. The van der Waals surface area contributed by atoms with Crippen LogP contribution in [0.4, 0.5) is 17.1 Å². The van der Waals surface area contributed by atoms with Gasteiger partial charge in [0.2, 0.25) is 0 Å². The minimum Gasteiger partial charge on any atom is -0.310 e. The molecule has 0 radical (unpaired) electrons. The van der Waals surface area contributed by atoms with Crippen molar-refractivity contribution in [2.75, 3.05) is 4.90 Å². The summed E-state index contributed by atoms with van der Waals surface area (Å²) < 4.78 is 7.19. The number of fused-ring (bicyclic) bond motifs is 9. The van der Waals surface area contributed by atoms with Gasteiger partial charge < -0.3 is 18.6 Å². The Balaban J connectivity index is 0.996. The smallest absolute Gasteiger partial charge is 0.0541 e. The van der Waals surface area contributed by atoms with Crippen molar-refractivity contribution in [3.63, 3.8) is 0 Å². The van der Waals surface area contributed by atoms with Crippen LogP contribution in [0.5, 0.6) is 0 Å². The van der Waals surface area contributed by atoms with E-state index in [0.29, 0.717) is 0 Å². The third-order valence-electron chi connectivity index (χ3n) is 12.1. The summed E-state index contributed by atoms with van der Waals surface area (Å²) in [4.78, 5) is 2.37. The molecule has 0 fully saturated rings. The van der Waals surface area contributed by atoms with Gasteiger partial charge in [-0.05, 0) is 116 Å². The molecule has 4 nitrogen and oxygen atoms in total. The number of nitrogens with zero attached hydrogens (tertiary/aromatic N) is 4. The van der Waals surface area contributed by atoms with Gasteiger partial charge in [-0.15, -0.1) is 0 Å². The fraction of sp³-hybridized carbons (Fsp3) is 0.0370. The van der Waals surface area contributed by atoms with E-state index in [4.69, 9.17) is 0 Å². The van der Waals surface area contributed by atoms with Crippen LogP contribution in [-0.4, -0.2) is 13.7 Å². The maximum absolute atomic E-state index is 2.43. The number of para-hydroxylation sites is 5. The second-order valence-electron chi connectivity index (χ2n) is 15.3. The van der Waals surface area contributed by atoms with Gasteiger partial charge >= 0.3 is 0 Å². The largest absolute Gasteiger partial charge is 0.310 e. The number of hydrogen-bond acceptors (Lipinski definition) is 1. The Hall–Kier alpha value is -7.56. The highest BCUT2D eigenvalue weighted by molar-refractivity contribution is 6.10. The molecular weight excluding hydrogens is 705 g/mol. The SMILES string of the molecule is C1=c2c(n(-c3ccc(N(c4ccc(-n5c6ccccc6c6ccccc65)cc4)c4ccc(-n5c6ccccc6c6ccccc65)cc4)cc3)c3ccccc23)=CCC1. The van der Waals surface area contributed by atoms with Crippen molar-refractivity contribution in [1.29, 1.82) is 0 Å². The van der Waals surface area contributed by atoms with Crippen LogP contribution in [0.25, 0.3) is 83.7 Å². The van der Waals surface area contributed by atoms with E-state index in [2.05, 4.69) is 225 Å². The number of benzene rings is 8. The van der Waals surface area contributed by atoms with Gasteiger partial charge in [-0.3, -0.25) is 0 Å². The molecule has 0 aliphatic heterocycles. The molecule has 0 N–H and O–H groups in total. The standard InChI is InChI=1S/C54H38N4/c1-7-19-49-43(13-1)44-14-2-8-20-50(44)56(49)40-31-25-37(26-32-40)55(38-27-33-41(34-28-38)57-51-21-9-3-15-45(51)46-16-4-10-22-52(46)57)39-29-35-42(36-30-39)58-53-23-11-5-17-47(53)48-18-6-12-24-54(48)58/h1-5,7-11,13-36H,6,12H2. The van der Waals surface area contributed by atoms with Crippen molar-refractivity contribution in [2.45, 2.75) is 12.8 Å². The molecule has 0 spiro atoms. The molecule has 3 heterocycles. The molecular formula is C54H38N4. The predicted octanol–water partition coefficient (Wildman–Crippen LogP) is 12.6. The first kappa shape index (κ1) is 32.7. The molecule has 12 rings (SSSR count). The molecule has 1 aliphatic carbocycles. The number of hydrogen-bond donors (Lipinski definition) is 0. The quantitative estimate of drug-likeness (QED) is 0.166. The molecule has 8 aromatic carbocycles. The van der Waals surface area contributed by atoms with Gasteiger partial charge in [0.05, 0.1) is 27.6 Å². The summed E-state index contributed by atoms with van der Waals surface area (Å²) in [5, 5.41) is 9.00. The summed E-state index contributed by atoms with van der Waals surface area (Å²) in [7, 11) is 0. The molecule has 0 atom stereocenters. The van der Waals surface area contributed by atoms with Gasteiger partial charge in [-0.2, -0.15) is 0 Å². The molecule has 0 bridgehead atoms. The summed E-state index contributed by atoms with van der Waals surface area (Å²) in [5.74, 6) is 0. The summed E-state index contributed by atoms with van der Waals surface area (Å²) in [6.45, 7) is 0. The van der Waals surface area contributed by atoms with E-state index in [1.165, 1.54) is 65.1 Å². The number of anilines is 3. The topological polar surface area (TPSA) is 18.0 Å². The van der Waals surface area contributed by atoms with Crippen molar-refractivity contribution < 1.29 is 0 Å². The highest BCUT2D eigenvalue weighted by Gasteiger charge is 2.18. The molecule has 0 saturated carbocycles. The maximum atomic E-state index is 2.43. The van der Waals surface area contributed by atoms with Gasteiger partial charge in [0, 0.05) is 71.6 Å². The van der Waals surface area contributed by atoms with Crippen LogP contribution in [0.3, 0.4) is 0 Å². The Morgan fingerprint density at radius 3 is 1.00 bits per heavy atom. The second-order valence-corrected chi connectivity index (χ2v) is 15.3. The van der Waals surface area contributed by atoms with Crippen molar-refractivity contribution in [3.05, 3.63) is 205 Å². The summed E-state index contributed by atoms with van der Waals surface area (Å²) in [6.07, 6.45) is 6.94. The highest BCUT2D eigenvalue weighted by Crippen LogP contribution is 2.39. The van der Waals surface area contributed by atoms with Gasteiger partial charge in [0.1, 0.15) is 0 Å². The lowest BCUT2D eigenvalue weighted by atomic mass is 10.1. The molecule has 0 amide bonds. The van der Waals surface area contributed by atoms with Crippen LogP contribution in [0.1, 0.15) is 12.8 Å². The zero-order valence-corrected chi connectivity index (χ0v) is 31.8. The molecule has 1 aliphatic rings. The number of aromatic nitrogens is 3. The Morgan fingerprint density at radius 1 is 0.293 bits per heavy atom. The zero-order valence-electron chi connectivity index (χ0n) is 31.8. The van der Waals surface area contributed by atoms with Crippen LogP contribution >= 0.6 is 0 Å². The predicted molar refractivity (Wildman–Crippen MR) is 244 cm³/mol. The maximum Gasteiger partial charge on any atom is 0.0541 e. The minimum absolute atomic E-state index is 1.06. The molecule has 11 aromatic rings. The monoisotopic (exact) mass is 742 g/mol. The molecule has 0 saturated heterocycles. The van der Waals surface area contributed by atoms with Crippen molar-refractivity contribution in [1.82, 2.24) is 13.7 Å². The zero-order chi connectivity index (χ0) is 38.2. The van der Waals surface area contributed by atoms with E-state index in [9.17, 15) is 0 Å². The van der Waals surface area contributed by atoms with E-state index in [1.54, 1.807) is 0 Å². The Bertz CT molecular complexity index is 3230. The van der Waals surface area contributed by atoms with E-state index in [0.717, 1.165) is 47.0 Å². The first-order chi connectivity index (χ1) is 28.8. The summed E-state index contributed by atoms with van der Waals surface area (Å²) in [5.41, 5.74) is 12.8. The second kappa shape index (κ2) is 13.0. The van der Waals surface area contributed by atoms with E-state index in [-0.39, 0.29) is 0 Å². The summed E-state index contributed by atoms with van der Waals surface area (Å²) in [6, 6.07) is 70.7. The lowest BCUT2D eigenvalue weighted by molar-refractivity contribution is 1.02. The Morgan fingerprint density at radius 2 is 0.603 bits per heavy atom. The molecule has 3 aromatic heterocycles. The first-order valence-electron chi connectivity index (χ1n) is 20.2. The van der Waals surface area contributed by atoms with Crippen LogP contribution in [0, 0.1) is 0 Å². The normalized spacial score (nSPS) is 12.6. The third kappa shape index (κ3) is 4.95. The number of rotatable bonds is 6. The van der Waals surface area contributed by atoms with Gasteiger partial charge in [0.25, 0.3) is 0 Å². The van der Waals surface area contributed by atoms with Crippen LogP contribution in [0.2, 0.25) is 0 Å². The molecule has 274 valence electrons. The van der Waals surface area contributed by atoms with Crippen LogP contribution in [0.15, 0.2) is 194 Å². The lowest BCUT2D eigenvalue weighted by Gasteiger charge is -2.26. The first-order valence-corrected chi connectivity index (χ1v) is 20.2. The lowest BCUT2D eigenvalue weighted by Crippen LogP contribution is -2.30. The van der Waals surface area contributed by atoms with Gasteiger partial charge in [-0.1, -0.05) is 103 Å². The van der Waals surface area contributed by atoms with Crippen LogP contribution < -0.4 is 15.5 Å². The van der Waals surface area contributed by atoms with Crippen LogP contribution in [-0.2, 0) is 0 Å². The molecule has 0 unspecified atom stereocenters. The minimum atomic E-state index is 1.06. The fourth-order valence-electron chi connectivity index (χ4n) is 9.53. The fourth-order valence-corrected chi connectivity index (χ4v) is 9.53. The Kier molecular flexibility index (Phi) is 7.32. The van der Waals surface area contributed by atoms with Crippen molar-refractivity contribution in [2.24, 2.45) is 0 Å². The van der Waals surface area contributed by atoms with Crippen molar-refractivity contribution in [3.8, 4) is 17.1 Å². The molecule has 58 heavy (non-hydrogen) atoms. The van der Waals surface area contributed by atoms with E-state index >= 15 is 0 Å². The average Bonchev–Trinajstić information content (AvgIpc) is 3.93. The Labute approximate surface area is 335 Å².